The SMILES string of the molecule is COc1ccc2cc(C(CC[C@H](C)OCc3ccccc3)(O[N+](=O)[O-])C(=O)O)ccc2c1. The van der Waals surface area contributed by atoms with E-state index in [4.69, 9.17) is 14.3 Å². The lowest BCUT2D eigenvalue weighted by molar-refractivity contribution is -0.780. The largest absolute Gasteiger partial charge is 0.497 e. The first-order chi connectivity index (χ1) is 15.3. The molecule has 0 aliphatic rings. The van der Waals surface area contributed by atoms with Crippen molar-refractivity contribution in [2.75, 3.05) is 7.11 Å². The molecule has 0 spiro atoms. The van der Waals surface area contributed by atoms with Gasteiger partial charge in [0.25, 0.3) is 5.09 Å². The Morgan fingerprint density at radius 1 is 1.09 bits per heavy atom. The molecule has 2 atom stereocenters. The Hall–Kier alpha value is -3.65. The van der Waals surface area contributed by atoms with E-state index >= 15 is 0 Å². The number of carboxylic acid groups (broad SMARTS) is 1. The van der Waals surface area contributed by atoms with E-state index in [0.29, 0.717) is 17.7 Å². The molecular weight excluding hydrogens is 414 g/mol. The fraction of sp³-hybridized carbons (Fsp3) is 0.292. The lowest BCUT2D eigenvalue weighted by Crippen LogP contribution is -2.41. The van der Waals surface area contributed by atoms with Gasteiger partial charge in [-0.15, -0.1) is 10.1 Å². The Bertz CT molecular complexity index is 1090. The van der Waals surface area contributed by atoms with Crippen molar-refractivity contribution in [1.29, 1.82) is 0 Å². The van der Waals surface area contributed by atoms with Crippen molar-refractivity contribution in [3.63, 3.8) is 0 Å². The molecule has 3 aromatic rings. The highest BCUT2D eigenvalue weighted by Crippen LogP contribution is 2.35. The van der Waals surface area contributed by atoms with Crippen LogP contribution in [0.25, 0.3) is 10.8 Å². The minimum absolute atomic E-state index is 0.138. The van der Waals surface area contributed by atoms with E-state index in [1.807, 2.05) is 30.3 Å². The molecule has 0 aliphatic heterocycles. The van der Waals surface area contributed by atoms with Gasteiger partial charge >= 0.3 is 5.97 Å². The van der Waals surface area contributed by atoms with E-state index in [-0.39, 0.29) is 24.5 Å². The fourth-order valence-corrected chi connectivity index (χ4v) is 3.54. The van der Waals surface area contributed by atoms with Crippen LogP contribution in [-0.4, -0.2) is 29.4 Å². The van der Waals surface area contributed by atoms with Gasteiger partial charge in [-0.25, -0.2) is 4.79 Å². The van der Waals surface area contributed by atoms with Gasteiger partial charge in [0, 0.05) is 0 Å². The molecule has 0 amide bonds. The number of benzene rings is 3. The summed E-state index contributed by atoms with van der Waals surface area (Å²) in [7, 11) is 1.55. The van der Waals surface area contributed by atoms with Crippen molar-refractivity contribution in [2.24, 2.45) is 0 Å². The number of hydrogen-bond donors (Lipinski definition) is 1. The Labute approximate surface area is 185 Å². The summed E-state index contributed by atoms with van der Waals surface area (Å²) in [4.78, 5) is 28.4. The highest BCUT2D eigenvalue weighted by Gasteiger charge is 2.45. The van der Waals surface area contributed by atoms with E-state index in [1.165, 1.54) is 6.07 Å². The zero-order valence-corrected chi connectivity index (χ0v) is 17.9. The molecule has 3 rings (SSSR count). The number of fused-ring (bicyclic) bond motifs is 1. The Morgan fingerprint density at radius 2 is 1.78 bits per heavy atom. The molecule has 0 heterocycles. The quantitative estimate of drug-likeness (QED) is 0.340. The second-order valence-corrected chi connectivity index (χ2v) is 7.52. The Balaban J connectivity index is 1.84. The zero-order valence-electron chi connectivity index (χ0n) is 17.9. The summed E-state index contributed by atoms with van der Waals surface area (Å²) in [5.74, 6) is -0.780. The summed E-state index contributed by atoms with van der Waals surface area (Å²) in [5.41, 5.74) is -0.980. The minimum Gasteiger partial charge on any atom is -0.497 e. The van der Waals surface area contributed by atoms with Gasteiger partial charge in [0.05, 0.1) is 19.8 Å². The number of nitrogens with zero attached hydrogens (tertiary/aromatic N) is 1. The van der Waals surface area contributed by atoms with Gasteiger partial charge in [0.1, 0.15) is 5.75 Å². The van der Waals surface area contributed by atoms with Crippen LogP contribution >= 0.6 is 0 Å². The van der Waals surface area contributed by atoms with E-state index in [9.17, 15) is 20.0 Å². The standard InChI is InChI=1S/C24H25NO7/c1-17(31-16-18-6-4-3-5-7-18)12-13-24(23(26)27,32-25(28)29)21-10-8-20-15-22(30-2)11-9-19(20)14-21/h3-11,14-15,17H,12-13,16H2,1-2H3,(H,26,27)/t17-,24?/m0/s1. The molecule has 0 bridgehead atoms. The molecule has 3 aromatic carbocycles. The van der Waals surface area contributed by atoms with E-state index < -0.39 is 16.7 Å². The second-order valence-electron chi connectivity index (χ2n) is 7.52. The third-order valence-corrected chi connectivity index (χ3v) is 5.37. The molecule has 8 nitrogen and oxygen atoms in total. The van der Waals surface area contributed by atoms with Gasteiger partial charge in [0.15, 0.2) is 0 Å². The number of carbonyl (C=O) groups is 1. The molecule has 0 saturated heterocycles. The van der Waals surface area contributed by atoms with Crippen LogP contribution in [0.1, 0.15) is 30.9 Å². The van der Waals surface area contributed by atoms with Gasteiger partial charge in [0.2, 0.25) is 5.60 Å². The molecule has 0 aromatic heterocycles. The van der Waals surface area contributed by atoms with Gasteiger partial charge in [-0.05, 0) is 59.9 Å². The topological polar surface area (TPSA) is 108 Å². The van der Waals surface area contributed by atoms with Crippen molar-refractivity contribution < 1.29 is 29.3 Å². The maximum absolute atomic E-state index is 12.3. The van der Waals surface area contributed by atoms with Gasteiger partial charge in [-0.3, -0.25) is 4.84 Å². The molecule has 0 radical (unpaired) electrons. The van der Waals surface area contributed by atoms with E-state index in [1.54, 1.807) is 44.4 Å². The number of ether oxygens (including phenoxy) is 2. The summed E-state index contributed by atoms with van der Waals surface area (Å²) in [6.45, 7) is 2.16. The number of rotatable bonds is 11. The van der Waals surface area contributed by atoms with Crippen LogP contribution in [0.5, 0.6) is 5.75 Å². The highest BCUT2D eigenvalue weighted by molar-refractivity contribution is 5.87. The van der Waals surface area contributed by atoms with Crippen LogP contribution in [0.15, 0.2) is 66.7 Å². The first kappa shape index (κ1) is 23.0. The van der Waals surface area contributed by atoms with Crippen molar-refractivity contribution in [3.05, 3.63) is 88.0 Å². The first-order valence-electron chi connectivity index (χ1n) is 10.1. The van der Waals surface area contributed by atoms with Crippen LogP contribution in [-0.2, 0) is 26.6 Å². The minimum atomic E-state index is -2.15. The summed E-state index contributed by atoms with van der Waals surface area (Å²) in [6, 6.07) is 19.7. The van der Waals surface area contributed by atoms with E-state index in [2.05, 4.69) is 0 Å². The Kier molecular flexibility index (Phi) is 7.27. The molecule has 32 heavy (non-hydrogen) atoms. The van der Waals surface area contributed by atoms with Crippen molar-refractivity contribution in [3.8, 4) is 5.75 Å². The first-order valence-corrected chi connectivity index (χ1v) is 10.1. The van der Waals surface area contributed by atoms with Gasteiger partial charge < -0.3 is 14.6 Å². The van der Waals surface area contributed by atoms with Crippen molar-refractivity contribution in [2.45, 2.75) is 38.1 Å². The fourth-order valence-electron chi connectivity index (χ4n) is 3.54. The summed E-state index contributed by atoms with van der Waals surface area (Å²) >= 11 is 0. The Morgan fingerprint density at radius 3 is 2.44 bits per heavy atom. The smallest absolute Gasteiger partial charge is 0.340 e. The number of hydrogen-bond acceptors (Lipinski definition) is 6. The predicted octanol–water partition coefficient (Wildman–Crippen LogP) is 4.72. The van der Waals surface area contributed by atoms with Crippen LogP contribution in [0.2, 0.25) is 0 Å². The summed E-state index contributed by atoms with van der Waals surface area (Å²) in [6.07, 6.45) is -0.233. The third-order valence-electron chi connectivity index (χ3n) is 5.37. The number of aliphatic carboxylic acids is 1. The van der Waals surface area contributed by atoms with E-state index in [0.717, 1.165) is 10.9 Å². The molecule has 168 valence electrons. The maximum Gasteiger partial charge on any atom is 0.340 e. The van der Waals surface area contributed by atoms with Crippen LogP contribution < -0.4 is 4.74 Å². The van der Waals surface area contributed by atoms with Gasteiger partial charge in [-0.1, -0.05) is 48.5 Å². The van der Waals surface area contributed by atoms with Gasteiger partial charge in [-0.2, -0.15) is 0 Å². The predicted molar refractivity (Wildman–Crippen MR) is 118 cm³/mol. The zero-order chi connectivity index (χ0) is 23.1. The molecule has 1 N–H and O–H groups in total. The molecule has 0 fully saturated rings. The molecule has 8 heteroatoms. The molecule has 0 saturated carbocycles. The summed E-state index contributed by atoms with van der Waals surface area (Å²) in [5, 5.41) is 21.8. The number of methoxy groups -OCH3 is 1. The molecule has 1 unspecified atom stereocenters. The van der Waals surface area contributed by atoms with Crippen LogP contribution in [0, 0.1) is 10.1 Å². The molecular formula is C24H25NO7. The third kappa shape index (κ3) is 5.33. The van der Waals surface area contributed by atoms with Crippen molar-refractivity contribution in [1.82, 2.24) is 0 Å². The normalized spacial score (nSPS) is 13.8. The van der Waals surface area contributed by atoms with Crippen LogP contribution in [0.4, 0.5) is 0 Å². The number of carboxylic acids is 1. The highest BCUT2D eigenvalue weighted by atomic mass is 17.0. The second kappa shape index (κ2) is 10.1. The maximum atomic E-state index is 12.3. The van der Waals surface area contributed by atoms with Crippen molar-refractivity contribution >= 4 is 16.7 Å². The van der Waals surface area contributed by atoms with Crippen LogP contribution in [0.3, 0.4) is 0 Å². The molecule has 0 aliphatic carbocycles. The lowest BCUT2D eigenvalue weighted by Gasteiger charge is -2.29. The average Bonchev–Trinajstić information content (AvgIpc) is 2.80. The monoisotopic (exact) mass is 439 g/mol. The lowest BCUT2D eigenvalue weighted by atomic mass is 9.87. The summed E-state index contributed by atoms with van der Waals surface area (Å²) < 4.78 is 11.0. The average molecular weight is 439 g/mol.